The fourth-order valence-electron chi connectivity index (χ4n) is 2.92. The number of nitrogens with one attached hydrogen (secondary N) is 3. The molecule has 2 aromatic carbocycles. The SMILES string of the molecule is COc1ccc(OC)c(-c2csc(NC(=O)c3cc(F)cc4[nH]c(=S)[nH]c34)n2)c1. The number of methoxy groups -OCH3 is 2. The lowest BCUT2D eigenvalue weighted by Crippen LogP contribution is -2.12. The molecule has 148 valence electrons. The quantitative estimate of drug-likeness (QED) is 0.397. The molecule has 4 rings (SSSR count). The van der Waals surface area contributed by atoms with Gasteiger partial charge in [0.1, 0.15) is 17.3 Å². The monoisotopic (exact) mass is 430 g/mol. The van der Waals surface area contributed by atoms with Crippen molar-refractivity contribution in [3.63, 3.8) is 0 Å². The van der Waals surface area contributed by atoms with Gasteiger partial charge in [0, 0.05) is 10.9 Å². The number of hydrogen-bond donors (Lipinski definition) is 3. The summed E-state index contributed by atoms with van der Waals surface area (Å²) in [5.41, 5.74) is 2.32. The third-order valence-corrected chi connectivity index (χ3v) is 5.20. The number of anilines is 1. The van der Waals surface area contributed by atoms with Gasteiger partial charge in [0.15, 0.2) is 9.90 Å². The van der Waals surface area contributed by atoms with Gasteiger partial charge in [-0.3, -0.25) is 10.1 Å². The molecule has 7 nitrogen and oxygen atoms in total. The lowest BCUT2D eigenvalue weighted by molar-refractivity contribution is 0.102. The zero-order valence-corrected chi connectivity index (χ0v) is 17.0. The van der Waals surface area contributed by atoms with Crippen LogP contribution in [0.25, 0.3) is 22.3 Å². The highest BCUT2D eigenvalue weighted by atomic mass is 32.1. The predicted molar refractivity (Wildman–Crippen MR) is 112 cm³/mol. The second-order valence-electron chi connectivity index (χ2n) is 6.01. The molecule has 0 aliphatic carbocycles. The maximum absolute atomic E-state index is 13.9. The van der Waals surface area contributed by atoms with Crippen LogP contribution in [0, 0.1) is 10.6 Å². The van der Waals surface area contributed by atoms with Gasteiger partial charge in [-0.05, 0) is 42.5 Å². The molecule has 0 saturated heterocycles. The van der Waals surface area contributed by atoms with E-state index in [2.05, 4.69) is 20.3 Å². The highest BCUT2D eigenvalue weighted by Crippen LogP contribution is 2.35. The van der Waals surface area contributed by atoms with Gasteiger partial charge in [0.05, 0.1) is 36.5 Å². The van der Waals surface area contributed by atoms with Gasteiger partial charge in [-0.25, -0.2) is 9.37 Å². The molecule has 2 aromatic heterocycles. The lowest BCUT2D eigenvalue weighted by Gasteiger charge is -2.08. The first kappa shape index (κ1) is 19.1. The van der Waals surface area contributed by atoms with Crippen LogP contribution in [0.3, 0.4) is 0 Å². The van der Waals surface area contributed by atoms with E-state index in [1.165, 1.54) is 17.4 Å². The molecule has 0 radical (unpaired) electrons. The molecule has 0 unspecified atom stereocenters. The zero-order chi connectivity index (χ0) is 20.5. The first-order valence-electron chi connectivity index (χ1n) is 8.39. The summed E-state index contributed by atoms with van der Waals surface area (Å²) in [5, 5.41) is 4.86. The molecule has 0 atom stereocenters. The normalized spacial score (nSPS) is 10.9. The molecular weight excluding hydrogens is 415 g/mol. The maximum Gasteiger partial charge on any atom is 0.259 e. The van der Waals surface area contributed by atoms with Crippen molar-refractivity contribution in [2.24, 2.45) is 0 Å². The summed E-state index contributed by atoms with van der Waals surface area (Å²) in [6.07, 6.45) is 0. The molecule has 2 heterocycles. The minimum atomic E-state index is -0.547. The Balaban J connectivity index is 1.65. The fourth-order valence-corrected chi connectivity index (χ4v) is 3.84. The number of amides is 1. The summed E-state index contributed by atoms with van der Waals surface area (Å²) >= 11 is 6.28. The standard InChI is InChI=1S/C19H15FN4O3S2/c1-26-10-3-4-15(27-2)11(7-10)14-8-29-19(22-14)24-17(25)12-5-9(20)6-13-16(12)23-18(28)21-13/h3-8H,1-2H3,(H2,21,23,28)(H,22,24,25). The highest BCUT2D eigenvalue weighted by molar-refractivity contribution is 7.71. The number of rotatable bonds is 5. The number of halogens is 1. The summed E-state index contributed by atoms with van der Waals surface area (Å²) in [4.78, 5) is 22.9. The zero-order valence-electron chi connectivity index (χ0n) is 15.3. The van der Waals surface area contributed by atoms with E-state index < -0.39 is 11.7 Å². The number of hydrogen-bond acceptors (Lipinski definition) is 6. The number of fused-ring (bicyclic) bond motifs is 1. The topological polar surface area (TPSA) is 92.0 Å². The largest absolute Gasteiger partial charge is 0.497 e. The molecule has 0 saturated carbocycles. The molecule has 0 aliphatic rings. The van der Waals surface area contributed by atoms with Gasteiger partial charge in [-0.15, -0.1) is 11.3 Å². The van der Waals surface area contributed by atoms with Crippen molar-refractivity contribution in [3.8, 4) is 22.8 Å². The van der Waals surface area contributed by atoms with Crippen LogP contribution in [0.1, 0.15) is 10.4 Å². The summed E-state index contributed by atoms with van der Waals surface area (Å²) in [6, 6.07) is 7.79. The van der Waals surface area contributed by atoms with E-state index in [9.17, 15) is 9.18 Å². The van der Waals surface area contributed by atoms with Crippen molar-refractivity contribution in [1.82, 2.24) is 15.0 Å². The maximum atomic E-state index is 13.9. The van der Waals surface area contributed by atoms with E-state index in [1.54, 1.807) is 37.8 Å². The van der Waals surface area contributed by atoms with Crippen LogP contribution >= 0.6 is 23.6 Å². The van der Waals surface area contributed by atoms with Gasteiger partial charge in [-0.2, -0.15) is 0 Å². The Morgan fingerprint density at radius 2 is 2.03 bits per heavy atom. The molecule has 3 N–H and O–H groups in total. The minimum Gasteiger partial charge on any atom is -0.497 e. The molecule has 29 heavy (non-hydrogen) atoms. The first-order valence-corrected chi connectivity index (χ1v) is 9.68. The van der Waals surface area contributed by atoms with Gasteiger partial charge < -0.3 is 19.4 Å². The van der Waals surface area contributed by atoms with E-state index >= 15 is 0 Å². The number of aromatic nitrogens is 3. The van der Waals surface area contributed by atoms with Crippen LogP contribution in [-0.2, 0) is 0 Å². The van der Waals surface area contributed by atoms with Crippen molar-refractivity contribution in [3.05, 3.63) is 51.9 Å². The third-order valence-electron chi connectivity index (χ3n) is 4.24. The third kappa shape index (κ3) is 3.71. The van der Waals surface area contributed by atoms with Crippen LogP contribution < -0.4 is 14.8 Å². The summed E-state index contributed by atoms with van der Waals surface area (Å²) in [5.74, 6) is 0.233. The second-order valence-corrected chi connectivity index (χ2v) is 7.28. The Morgan fingerprint density at radius 3 is 2.79 bits per heavy atom. The van der Waals surface area contributed by atoms with E-state index in [1.807, 2.05) is 0 Å². The molecule has 0 bridgehead atoms. The van der Waals surface area contributed by atoms with E-state index in [0.29, 0.717) is 38.1 Å². The number of aromatic amines is 2. The Kier molecular flexibility index (Phi) is 5.03. The number of thiazole rings is 1. The molecule has 0 aliphatic heterocycles. The van der Waals surface area contributed by atoms with Crippen molar-refractivity contribution >= 4 is 45.6 Å². The highest BCUT2D eigenvalue weighted by Gasteiger charge is 2.17. The molecule has 0 fully saturated rings. The number of nitrogens with zero attached hydrogens (tertiary/aromatic N) is 1. The lowest BCUT2D eigenvalue weighted by atomic mass is 10.1. The Morgan fingerprint density at radius 1 is 1.21 bits per heavy atom. The van der Waals surface area contributed by atoms with E-state index in [-0.39, 0.29) is 5.56 Å². The number of carbonyl (C=O) groups excluding carboxylic acids is 1. The summed E-state index contributed by atoms with van der Waals surface area (Å²) in [6.45, 7) is 0. The summed E-state index contributed by atoms with van der Waals surface area (Å²) < 4.78 is 24.9. The predicted octanol–water partition coefficient (Wildman–Crippen LogP) is 4.76. The smallest absolute Gasteiger partial charge is 0.259 e. The Hall–Kier alpha value is -3.24. The van der Waals surface area contributed by atoms with Crippen LogP contribution in [0.4, 0.5) is 9.52 Å². The van der Waals surface area contributed by atoms with Crippen molar-refractivity contribution in [2.45, 2.75) is 0 Å². The average Bonchev–Trinajstić information content (AvgIpc) is 3.32. The van der Waals surface area contributed by atoms with Crippen LogP contribution in [-0.4, -0.2) is 35.1 Å². The van der Waals surface area contributed by atoms with Crippen molar-refractivity contribution in [1.29, 1.82) is 0 Å². The molecule has 10 heteroatoms. The van der Waals surface area contributed by atoms with E-state index in [0.717, 1.165) is 11.6 Å². The van der Waals surface area contributed by atoms with Crippen LogP contribution in [0.5, 0.6) is 11.5 Å². The Bertz CT molecular complexity index is 1280. The van der Waals surface area contributed by atoms with Gasteiger partial charge in [0.2, 0.25) is 0 Å². The molecular formula is C19H15FN4O3S2. The number of ether oxygens (including phenoxy) is 2. The van der Waals surface area contributed by atoms with Crippen LogP contribution in [0.2, 0.25) is 0 Å². The number of H-pyrrole nitrogens is 2. The average molecular weight is 430 g/mol. The molecule has 4 aromatic rings. The first-order chi connectivity index (χ1) is 14.0. The molecule has 0 spiro atoms. The Labute approximate surface area is 173 Å². The second kappa shape index (κ2) is 7.64. The minimum absolute atomic E-state index is 0.128. The summed E-state index contributed by atoms with van der Waals surface area (Å²) in [7, 11) is 3.14. The van der Waals surface area contributed by atoms with Gasteiger partial charge >= 0.3 is 0 Å². The molecule has 1 amide bonds. The van der Waals surface area contributed by atoms with E-state index in [4.69, 9.17) is 21.7 Å². The van der Waals surface area contributed by atoms with Crippen molar-refractivity contribution in [2.75, 3.05) is 19.5 Å². The number of carbonyl (C=O) groups is 1. The van der Waals surface area contributed by atoms with Gasteiger partial charge in [-0.1, -0.05) is 0 Å². The van der Waals surface area contributed by atoms with Crippen LogP contribution in [0.15, 0.2) is 35.7 Å². The van der Waals surface area contributed by atoms with Crippen molar-refractivity contribution < 1.29 is 18.7 Å². The number of benzene rings is 2. The fraction of sp³-hybridized carbons (Fsp3) is 0.105. The van der Waals surface area contributed by atoms with Gasteiger partial charge in [0.25, 0.3) is 5.91 Å². The number of imidazole rings is 1.